The van der Waals surface area contributed by atoms with E-state index < -0.39 is 30.6 Å². The Labute approximate surface area is 173 Å². The normalized spacial score (nSPS) is 14.8. The van der Waals surface area contributed by atoms with Crippen LogP contribution in [0.1, 0.15) is 47.2 Å². The van der Waals surface area contributed by atoms with E-state index >= 15 is 0 Å². The van der Waals surface area contributed by atoms with E-state index in [1.807, 2.05) is 0 Å². The molecule has 0 saturated carbocycles. The van der Waals surface area contributed by atoms with Gasteiger partial charge in [-0.25, -0.2) is 13.5 Å². The van der Waals surface area contributed by atoms with E-state index in [0.717, 1.165) is 30.1 Å². The van der Waals surface area contributed by atoms with Crippen molar-refractivity contribution in [3.63, 3.8) is 0 Å². The predicted octanol–water partition coefficient (Wildman–Crippen LogP) is 4.81. The highest BCUT2D eigenvalue weighted by atomic mass is 32.2. The summed E-state index contributed by atoms with van der Waals surface area (Å²) in [7, 11) is 0. The lowest BCUT2D eigenvalue weighted by Crippen LogP contribution is -2.30. The van der Waals surface area contributed by atoms with Crippen LogP contribution in [0.15, 0.2) is 23.2 Å². The number of fused-ring (bicyclic) bond motifs is 1. The molecule has 0 fully saturated rings. The quantitative estimate of drug-likeness (QED) is 0.360. The van der Waals surface area contributed by atoms with Crippen LogP contribution in [0.25, 0.3) is 0 Å². The van der Waals surface area contributed by atoms with E-state index in [4.69, 9.17) is 0 Å². The number of pyridine rings is 1. The van der Waals surface area contributed by atoms with Crippen LogP contribution >= 0.6 is 11.9 Å². The van der Waals surface area contributed by atoms with Crippen molar-refractivity contribution in [3.05, 3.63) is 41.0 Å². The first-order chi connectivity index (χ1) is 14.1. The van der Waals surface area contributed by atoms with Crippen molar-refractivity contribution < 1.29 is 31.5 Å². The molecule has 0 saturated heterocycles. The minimum absolute atomic E-state index is 0.178. The molecule has 2 N–H and O–H groups in total. The van der Waals surface area contributed by atoms with Crippen molar-refractivity contribution in [2.45, 2.75) is 57.1 Å². The van der Waals surface area contributed by atoms with Crippen LogP contribution in [0.4, 0.5) is 27.6 Å². The Balaban J connectivity index is 1.80. The number of nitrogens with one attached hydrogen (secondary N) is 2. The molecule has 164 valence electrons. The van der Waals surface area contributed by atoms with Crippen LogP contribution in [0.3, 0.4) is 0 Å². The van der Waals surface area contributed by atoms with E-state index in [2.05, 4.69) is 19.8 Å². The number of carbonyl (C=O) groups excluding carboxylic acids is 1. The number of rotatable bonds is 7. The standard InChI is InChI=1S/C18H19F5N4O2S/c1-9-14(17(28)25-11-5-6-24-12(8-11)16(19)20)27-7-3-4-13(27)15(9)30-26-10(2)29-18(21,22)23/h5-6,8,10,16,26H,3-4,7H2,1-2H3,(H,24,25,28). The molecule has 2 aromatic heterocycles. The summed E-state index contributed by atoms with van der Waals surface area (Å²) in [4.78, 5) is 17.1. The van der Waals surface area contributed by atoms with Gasteiger partial charge < -0.3 is 9.88 Å². The molecule has 1 aliphatic rings. The molecule has 0 aromatic carbocycles. The molecular weight excluding hydrogens is 431 g/mol. The highest BCUT2D eigenvalue weighted by Crippen LogP contribution is 2.35. The Morgan fingerprint density at radius 2 is 2.10 bits per heavy atom. The van der Waals surface area contributed by atoms with E-state index in [-0.39, 0.29) is 5.69 Å². The summed E-state index contributed by atoms with van der Waals surface area (Å²) >= 11 is 0.967. The molecule has 1 amide bonds. The number of halogens is 5. The van der Waals surface area contributed by atoms with Gasteiger partial charge in [-0.05, 0) is 56.3 Å². The third kappa shape index (κ3) is 5.10. The summed E-state index contributed by atoms with van der Waals surface area (Å²) in [5, 5.41) is 2.60. The van der Waals surface area contributed by atoms with Crippen molar-refractivity contribution in [1.29, 1.82) is 0 Å². The molecule has 0 aliphatic carbocycles. The summed E-state index contributed by atoms with van der Waals surface area (Å²) in [5.41, 5.74) is 1.48. The molecule has 2 aromatic rings. The second kappa shape index (κ2) is 8.90. The fourth-order valence-corrected chi connectivity index (χ4v) is 4.23. The second-order valence-electron chi connectivity index (χ2n) is 6.65. The zero-order valence-electron chi connectivity index (χ0n) is 16.0. The number of anilines is 1. The average molecular weight is 450 g/mol. The molecule has 3 heterocycles. The van der Waals surface area contributed by atoms with Gasteiger partial charge in [0.2, 0.25) is 0 Å². The van der Waals surface area contributed by atoms with Crippen molar-refractivity contribution in [2.24, 2.45) is 0 Å². The van der Waals surface area contributed by atoms with Crippen LogP contribution in [-0.2, 0) is 17.7 Å². The highest BCUT2D eigenvalue weighted by molar-refractivity contribution is 7.97. The zero-order chi connectivity index (χ0) is 22.1. The number of amides is 1. The SMILES string of the molecule is Cc1c(SNC(C)OC(F)(F)F)c2n(c1C(=O)Nc1ccnc(C(F)F)c1)CCC2. The van der Waals surface area contributed by atoms with Crippen molar-refractivity contribution in [1.82, 2.24) is 14.3 Å². The van der Waals surface area contributed by atoms with Gasteiger partial charge in [0.15, 0.2) is 0 Å². The lowest BCUT2D eigenvalue weighted by molar-refractivity contribution is -0.341. The van der Waals surface area contributed by atoms with E-state index in [0.29, 0.717) is 29.1 Å². The highest BCUT2D eigenvalue weighted by Gasteiger charge is 2.33. The number of carbonyl (C=O) groups is 1. The van der Waals surface area contributed by atoms with Gasteiger partial charge >= 0.3 is 6.36 Å². The number of hydrogen-bond donors (Lipinski definition) is 2. The summed E-state index contributed by atoms with van der Waals surface area (Å²) in [6.45, 7) is 3.49. The molecule has 1 aliphatic heterocycles. The molecule has 6 nitrogen and oxygen atoms in total. The Morgan fingerprint density at radius 3 is 2.77 bits per heavy atom. The smallest absolute Gasteiger partial charge is 0.339 e. The summed E-state index contributed by atoms with van der Waals surface area (Å²) in [5.74, 6) is -0.492. The monoisotopic (exact) mass is 450 g/mol. The largest absolute Gasteiger partial charge is 0.524 e. The van der Waals surface area contributed by atoms with Crippen molar-refractivity contribution >= 4 is 23.5 Å². The Kier molecular flexibility index (Phi) is 6.68. The number of nitrogens with zero attached hydrogens (tertiary/aromatic N) is 2. The summed E-state index contributed by atoms with van der Waals surface area (Å²) in [6, 6.07) is 2.50. The van der Waals surface area contributed by atoms with Gasteiger partial charge in [-0.2, -0.15) is 0 Å². The number of alkyl halides is 5. The molecular formula is C18H19F5N4O2S. The first-order valence-corrected chi connectivity index (χ1v) is 9.82. The molecule has 12 heteroatoms. The van der Waals surface area contributed by atoms with Crippen LogP contribution in [0, 0.1) is 6.92 Å². The summed E-state index contributed by atoms with van der Waals surface area (Å²) < 4.78 is 71.0. The number of hydrogen-bond acceptors (Lipinski definition) is 5. The van der Waals surface area contributed by atoms with Crippen molar-refractivity contribution in [3.8, 4) is 0 Å². The van der Waals surface area contributed by atoms with Crippen LogP contribution in [-0.4, -0.2) is 28.0 Å². The zero-order valence-corrected chi connectivity index (χ0v) is 16.8. The van der Waals surface area contributed by atoms with Gasteiger partial charge in [0.25, 0.3) is 12.3 Å². The van der Waals surface area contributed by atoms with Gasteiger partial charge in [-0.3, -0.25) is 14.5 Å². The number of ether oxygens (including phenoxy) is 1. The topological polar surface area (TPSA) is 68.2 Å². The van der Waals surface area contributed by atoms with E-state index in [1.54, 1.807) is 11.5 Å². The number of aromatic nitrogens is 2. The maximum Gasteiger partial charge on any atom is 0.524 e. The Morgan fingerprint density at radius 1 is 1.37 bits per heavy atom. The lowest BCUT2D eigenvalue weighted by atomic mass is 10.2. The minimum Gasteiger partial charge on any atom is -0.339 e. The minimum atomic E-state index is -4.77. The molecule has 1 atom stereocenters. The third-order valence-corrected chi connectivity index (χ3v) is 5.66. The predicted molar refractivity (Wildman–Crippen MR) is 100 cm³/mol. The molecule has 0 spiro atoms. The Hall–Kier alpha value is -2.18. The fraction of sp³-hybridized carbons (Fsp3) is 0.444. The van der Waals surface area contributed by atoms with Crippen LogP contribution in [0.5, 0.6) is 0 Å². The van der Waals surface area contributed by atoms with Gasteiger partial charge in [0.05, 0.1) is 0 Å². The van der Waals surface area contributed by atoms with Crippen LogP contribution < -0.4 is 10.0 Å². The lowest BCUT2D eigenvalue weighted by Gasteiger charge is -2.16. The first kappa shape index (κ1) is 22.5. The van der Waals surface area contributed by atoms with Gasteiger partial charge in [-0.1, -0.05) is 0 Å². The Bertz CT molecular complexity index is 932. The van der Waals surface area contributed by atoms with Crippen molar-refractivity contribution in [2.75, 3.05) is 5.32 Å². The fourth-order valence-electron chi connectivity index (χ4n) is 3.31. The van der Waals surface area contributed by atoms with E-state index in [1.165, 1.54) is 19.2 Å². The summed E-state index contributed by atoms with van der Waals surface area (Å²) in [6.07, 6.45) is -6.21. The van der Waals surface area contributed by atoms with Gasteiger partial charge in [-0.15, -0.1) is 13.2 Å². The second-order valence-corrected chi connectivity index (χ2v) is 7.50. The van der Waals surface area contributed by atoms with Gasteiger partial charge in [0.1, 0.15) is 17.6 Å². The molecule has 0 bridgehead atoms. The average Bonchev–Trinajstić information content (AvgIpc) is 3.18. The van der Waals surface area contributed by atoms with E-state index in [9.17, 15) is 26.7 Å². The molecule has 0 radical (unpaired) electrons. The first-order valence-electron chi connectivity index (χ1n) is 9.01. The maximum atomic E-state index is 12.9. The maximum absolute atomic E-state index is 12.9. The molecule has 1 unspecified atom stereocenters. The molecule has 30 heavy (non-hydrogen) atoms. The third-order valence-electron chi connectivity index (χ3n) is 4.46. The van der Waals surface area contributed by atoms with Crippen LogP contribution in [0.2, 0.25) is 0 Å². The molecule has 3 rings (SSSR count). The van der Waals surface area contributed by atoms with Gasteiger partial charge in [0, 0.05) is 29.0 Å².